The van der Waals surface area contributed by atoms with Crippen molar-refractivity contribution in [1.82, 2.24) is 4.90 Å². The third-order valence-electron chi connectivity index (χ3n) is 5.75. The lowest BCUT2D eigenvalue weighted by atomic mass is 9.84. The summed E-state index contributed by atoms with van der Waals surface area (Å²) in [7, 11) is 5.58. The normalized spacial score (nSPS) is 23.0. The van der Waals surface area contributed by atoms with E-state index < -0.39 is 0 Å². The highest BCUT2D eigenvalue weighted by atomic mass is 16.7. The van der Waals surface area contributed by atoms with E-state index in [9.17, 15) is 0 Å². The average molecular weight is 339 g/mol. The van der Waals surface area contributed by atoms with Gasteiger partial charge in [0.25, 0.3) is 0 Å². The van der Waals surface area contributed by atoms with Gasteiger partial charge in [-0.3, -0.25) is 4.90 Å². The lowest BCUT2D eigenvalue weighted by molar-refractivity contribution is 0.173. The molecule has 1 aliphatic carbocycles. The first-order valence-corrected chi connectivity index (χ1v) is 8.58. The van der Waals surface area contributed by atoms with Gasteiger partial charge in [-0.2, -0.15) is 0 Å². The molecule has 0 fully saturated rings. The maximum absolute atomic E-state index is 5.63. The predicted octanol–water partition coefficient (Wildman–Crippen LogP) is 3.11. The van der Waals surface area contributed by atoms with Gasteiger partial charge in [-0.15, -0.1) is 0 Å². The van der Waals surface area contributed by atoms with Gasteiger partial charge in [0.2, 0.25) is 6.79 Å². The number of rotatable bonds is 2. The Bertz CT molecular complexity index is 863. The summed E-state index contributed by atoms with van der Waals surface area (Å²) in [5, 5.41) is 0. The number of fused-ring (bicyclic) bond motifs is 2. The van der Waals surface area contributed by atoms with Gasteiger partial charge in [-0.05, 0) is 60.0 Å². The molecule has 5 nitrogen and oxygen atoms in total. The molecule has 4 aliphatic rings. The van der Waals surface area contributed by atoms with Crippen LogP contribution in [0.2, 0.25) is 0 Å². The smallest absolute Gasteiger partial charge is 0.231 e. The van der Waals surface area contributed by atoms with Crippen LogP contribution >= 0.6 is 0 Å². The second-order valence-electron chi connectivity index (χ2n) is 6.95. The summed E-state index contributed by atoms with van der Waals surface area (Å²) in [6.45, 7) is 1.30. The molecule has 2 aromatic carbocycles. The van der Waals surface area contributed by atoms with Crippen LogP contribution in [-0.4, -0.2) is 39.5 Å². The molecule has 6 rings (SSSR count). The summed E-state index contributed by atoms with van der Waals surface area (Å²) < 4.78 is 22.3. The van der Waals surface area contributed by atoms with E-state index in [-0.39, 0.29) is 0 Å². The molecule has 2 atom stereocenters. The van der Waals surface area contributed by atoms with E-state index in [4.69, 9.17) is 18.9 Å². The summed E-state index contributed by atoms with van der Waals surface area (Å²) in [6.07, 6.45) is 0.960. The van der Waals surface area contributed by atoms with Crippen molar-refractivity contribution < 1.29 is 18.9 Å². The number of ether oxygens (including phenoxy) is 4. The number of likely N-dealkylation sites (N-methyl/N-ethyl adjacent to an activating group) is 1. The standard InChI is InChI=1S/C20H21NO4/c1-21-9-15-12-6-20-19(24-10-25-20)5-11(12)4-16(21)14-8-18(23-3)17(22-2)7-13(14)15/h5-8,15-16H,4,9-10H2,1-3H3. The Balaban J connectivity index is 1.73. The number of benzene rings is 2. The minimum Gasteiger partial charge on any atom is -0.493 e. The highest BCUT2D eigenvalue weighted by Crippen LogP contribution is 2.50. The SMILES string of the molecule is COc1cc2c(cc1OC)C1Cc3cc4c(cc3C2CN1C)OCO4. The number of nitrogens with zero attached hydrogens (tertiary/aromatic N) is 1. The van der Waals surface area contributed by atoms with E-state index >= 15 is 0 Å². The van der Waals surface area contributed by atoms with Crippen molar-refractivity contribution in [2.75, 3.05) is 34.6 Å². The largest absolute Gasteiger partial charge is 0.493 e. The summed E-state index contributed by atoms with van der Waals surface area (Å²) >= 11 is 0. The van der Waals surface area contributed by atoms with E-state index in [1.54, 1.807) is 14.2 Å². The van der Waals surface area contributed by atoms with Crippen LogP contribution in [0.1, 0.15) is 34.2 Å². The predicted molar refractivity (Wildman–Crippen MR) is 93.0 cm³/mol. The average Bonchev–Trinajstić information content (AvgIpc) is 2.99. The molecule has 0 amide bonds. The zero-order chi connectivity index (χ0) is 17.1. The highest BCUT2D eigenvalue weighted by Gasteiger charge is 2.39. The van der Waals surface area contributed by atoms with Crippen molar-refractivity contribution in [3.63, 3.8) is 0 Å². The monoisotopic (exact) mass is 339 g/mol. The number of hydrogen-bond donors (Lipinski definition) is 0. The minimum absolute atomic E-state index is 0.294. The molecule has 2 unspecified atom stereocenters. The Kier molecular flexibility index (Phi) is 3.16. The van der Waals surface area contributed by atoms with Crippen LogP contribution in [0.25, 0.3) is 0 Å². The van der Waals surface area contributed by atoms with E-state index in [2.05, 4.69) is 36.2 Å². The number of hydrogen-bond acceptors (Lipinski definition) is 5. The van der Waals surface area contributed by atoms with Crippen molar-refractivity contribution in [2.24, 2.45) is 0 Å². The lowest BCUT2D eigenvalue weighted by Gasteiger charge is -2.36. The minimum atomic E-state index is 0.294. The van der Waals surface area contributed by atoms with Crippen molar-refractivity contribution in [3.8, 4) is 23.0 Å². The lowest BCUT2D eigenvalue weighted by Crippen LogP contribution is -2.34. The van der Waals surface area contributed by atoms with Crippen LogP contribution in [0.15, 0.2) is 24.3 Å². The summed E-state index contributed by atoms with van der Waals surface area (Å²) in [4.78, 5) is 2.44. The van der Waals surface area contributed by atoms with Crippen LogP contribution in [0.4, 0.5) is 0 Å². The van der Waals surface area contributed by atoms with Crippen molar-refractivity contribution >= 4 is 0 Å². The van der Waals surface area contributed by atoms with Gasteiger partial charge in [-0.1, -0.05) is 0 Å². The van der Waals surface area contributed by atoms with Crippen LogP contribution < -0.4 is 18.9 Å². The van der Waals surface area contributed by atoms with Crippen LogP contribution in [0.5, 0.6) is 23.0 Å². The van der Waals surface area contributed by atoms with Crippen molar-refractivity contribution in [3.05, 3.63) is 46.5 Å². The van der Waals surface area contributed by atoms with Gasteiger partial charge in [0.1, 0.15) is 0 Å². The first kappa shape index (κ1) is 14.9. The van der Waals surface area contributed by atoms with Crippen LogP contribution in [0, 0.1) is 0 Å². The fraction of sp³-hybridized carbons (Fsp3) is 0.400. The van der Waals surface area contributed by atoms with Gasteiger partial charge < -0.3 is 18.9 Å². The molecule has 0 radical (unpaired) electrons. The van der Waals surface area contributed by atoms with E-state index in [0.29, 0.717) is 18.8 Å². The third-order valence-corrected chi connectivity index (χ3v) is 5.75. The molecule has 25 heavy (non-hydrogen) atoms. The molecular formula is C20H21NO4. The Hall–Kier alpha value is -2.40. The van der Waals surface area contributed by atoms with Crippen LogP contribution in [0.3, 0.4) is 0 Å². The molecule has 0 spiro atoms. The molecular weight excluding hydrogens is 318 g/mol. The molecule has 2 aromatic rings. The molecule has 2 bridgehead atoms. The summed E-state index contributed by atoms with van der Waals surface area (Å²) in [5.74, 6) is 3.60. The van der Waals surface area contributed by atoms with Gasteiger partial charge in [0, 0.05) is 18.5 Å². The quantitative estimate of drug-likeness (QED) is 0.841. The van der Waals surface area contributed by atoms with Gasteiger partial charge in [0.15, 0.2) is 23.0 Å². The Morgan fingerprint density at radius 2 is 1.60 bits per heavy atom. The zero-order valence-corrected chi connectivity index (χ0v) is 14.7. The van der Waals surface area contributed by atoms with E-state index in [1.807, 2.05) is 0 Å². The second-order valence-corrected chi connectivity index (χ2v) is 6.95. The first-order valence-electron chi connectivity index (χ1n) is 8.58. The Labute approximate surface area is 147 Å². The second kappa shape index (κ2) is 5.30. The molecule has 5 heteroatoms. The highest BCUT2D eigenvalue weighted by molar-refractivity contribution is 5.59. The fourth-order valence-electron chi connectivity index (χ4n) is 4.49. The van der Waals surface area contributed by atoms with E-state index in [0.717, 1.165) is 36.0 Å². The van der Waals surface area contributed by atoms with Crippen molar-refractivity contribution in [1.29, 1.82) is 0 Å². The summed E-state index contributed by atoms with van der Waals surface area (Å²) in [5.41, 5.74) is 5.34. The molecule has 3 heterocycles. The first-order chi connectivity index (χ1) is 12.2. The number of methoxy groups -OCH3 is 2. The molecule has 0 N–H and O–H groups in total. The van der Waals surface area contributed by atoms with Gasteiger partial charge >= 0.3 is 0 Å². The third kappa shape index (κ3) is 2.05. The molecule has 0 saturated carbocycles. The van der Waals surface area contributed by atoms with Crippen molar-refractivity contribution in [2.45, 2.75) is 18.4 Å². The van der Waals surface area contributed by atoms with Gasteiger partial charge in [-0.25, -0.2) is 0 Å². The maximum Gasteiger partial charge on any atom is 0.231 e. The molecule has 130 valence electrons. The van der Waals surface area contributed by atoms with Gasteiger partial charge in [0.05, 0.1) is 14.2 Å². The van der Waals surface area contributed by atoms with E-state index in [1.165, 1.54) is 22.3 Å². The Morgan fingerprint density at radius 1 is 0.920 bits per heavy atom. The summed E-state index contributed by atoms with van der Waals surface area (Å²) in [6, 6.07) is 8.96. The fourth-order valence-corrected chi connectivity index (χ4v) is 4.49. The molecule has 0 aromatic heterocycles. The maximum atomic E-state index is 5.63. The Morgan fingerprint density at radius 3 is 2.32 bits per heavy atom. The molecule has 0 saturated heterocycles. The van der Waals surface area contributed by atoms with Crippen LogP contribution in [-0.2, 0) is 6.42 Å². The topological polar surface area (TPSA) is 40.2 Å². The zero-order valence-electron chi connectivity index (χ0n) is 14.7. The molecule has 3 aliphatic heterocycles.